The Morgan fingerprint density at radius 3 is 2.40 bits per heavy atom. The molecule has 1 aliphatic rings. The molecule has 1 aromatic heterocycles. The van der Waals surface area contributed by atoms with Gasteiger partial charge < -0.3 is 19.7 Å². The van der Waals surface area contributed by atoms with E-state index in [1.165, 1.54) is 18.8 Å². The minimum Gasteiger partial charge on any atom is -0.394 e. The molecule has 0 radical (unpaired) electrons. The highest BCUT2D eigenvalue weighted by atomic mass is 19.4. The van der Waals surface area contributed by atoms with Crippen LogP contribution in [0.3, 0.4) is 0 Å². The van der Waals surface area contributed by atoms with Gasteiger partial charge in [-0.1, -0.05) is 0 Å². The second kappa shape index (κ2) is 6.52. The molecule has 8 nitrogen and oxygen atoms in total. The lowest BCUT2D eigenvalue weighted by Gasteiger charge is -2.24. The molecule has 0 aliphatic carbocycles. The van der Waals surface area contributed by atoms with Crippen molar-refractivity contribution < 1.29 is 37.2 Å². The Balaban J connectivity index is 2.47. The number of nitrogens with one attached hydrogen (secondary N) is 1. The minimum atomic E-state index is -5.11. The van der Waals surface area contributed by atoms with Gasteiger partial charge in [0.05, 0.1) is 6.61 Å². The van der Waals surface area contributed by atoms with E-state index >= 15 is 0 Å². The van der Waals surface area contributed by atoms with E-state index in [2.05, 4.69) is 0 Å². The van der Waals surface area contributed by atoms with Crippen LogP contribution < -0.4 is 11.2 Å². The molecule has 2 rings (SSSR count). The molecule has 4 atom stereocenters. The molecule has 0 spiro atoms. The molecule has 1 aliphatic heterocycles. The molecule has 1 unspecified atom stereocenters. The summed E-state index contributed by atoms with van der Waals surface area (Å²) in [6, 6.07) is 0. The van der Waals surface area contributed by atoms with Crippen molar-refractivity contribution in [2.24, 2.45) is 0 Å². The number of hydrogen-bond donors (Lipinski definition) is 3. The SMILES string of the molecule is CC1(C)O[C@@H]([C@H](F)n2cc(C(F)(F)F)c(=O)[nH]c2=O)[C@@H](C(O)CO)O1. The predicted molar refractivity (Wildman–Crippen MR) is 73.4 cm³/mol. The van der Waals surface area contributed by atoms with Gasteiger partial charge in [0.2, 0.25) is 6.30 Å². The van der Waals surface area contributed by atoms with Crippen LogP contribution in [0.4, 0.5) is 17.6 Å². The molecule has 0 bridgehead atoms. The Kier molecular flexibility index (Phi) is 5.10. The Hall–Kier alpha value is -1.76. The normalized spacial score (nSPS) is 25.8. The number of aromatic amines is 1. The van der Waals surface area contributed by atoms with Crippen LogP contribution in [0.25, 0.3) is 0 Å². The lowest BCUT2D eigenvalue weighted by atomic mass is 10.1. The van der Waals surface area contributed by atoms with Gasteiger partial charge in [0.1, 0.15) is 23.9 Å². The Morgan fingerprint density at radius 2 is 1.88 bits per heavy atom. The topological polar surface area (TPSA) is 114 Å². The van der Waals surface area contributed by atoms with Crippen LogP contribution in [0, 0.1) is 0 Å². The van der Waals surface area contributed by atoms with Crippen molar-refractivity contribution in [2.45, 2.75) is 50.4 Å². The molecular formula is C13H16F4N2O6. The molecule has 1 fully saturated rings. The highest BCUT2D eigenvalue weighted by molar-refractivity contribution is 5.09. The number of aromatic nitrogens is 2. The summed E-state index contributed by atoms with van der Waals surface area (Å²) in [6.07, 6.45) is -12.4. The largest absolute Gasteiger partial charge is 0.423 e. The molecule has 0 saturated carbocycles. The second-order valence-corrected chi connectivity index (χ2v) is 5.89. The number of aliphatic hydroxyl groups is 2. The standard InChI is InChI=1S/C13H16F4N2O6/c1-12(2)24-7(6(21)4-20)8(25-12)9(14)19-3-5(13(15,16)17)10(22)18-11(19)23/h3,6-9,20-21H,4H2,1-2H3,(H,18,22,23)/t6?,7-,8-,9-/m1/s1. The smallest absolute Gasteiger partial charge is 0.394 e. The van der Waals surface area contributed by atoms with Crippen LogP contribution in [-0.2, 0) is 15.7 Å². The third-order valence-electron chi connectivity index (χ3n) is 3.54. The van der Waals surface area contributed by atoms with E-state index in [0.29, 0.717) is 0 Å². The highest BCUT2D eigenvalue weighted by Gasteiger charge is 2.49. The summed E-state index contributed by atoms with van der Waals surface area (Å²) in [4.78, 5) is 24.4. The first-order chi connectivity index (χ1) is 11.4. The van der Waals surface area contributed by atoms with Crippen LogP contribution in [0.1, 0.15) is 25.7 Å². The van der Waals surface area contributed by atoms with Crippen LogP contribution in [-0.4, -0.2) is 50.5 Å². The van der Waals surface area contributed by atoms with Crippen LogP contribution in [0.5, 0.6) is 0 Å². The van der Waals surface area contributed by atoms with Crippen molar-refractivity contribution in [1.29, 1.82) is 0 Å². The molecule has 142 valence electrons. The molecule has 25 heavy (non-hydrogen) atoms. The maximum atomic E-state index is 14.8. The summed E-state index contributed by atoms with van der Waals surface area (Å²) in [5.41, 5.74) is -4.92. The fourth-order valence-electron chi connectivity index (χ4n) is 2.46. The van der Waals surface area contributed by atoms with E-state index in [1.54, 1.807) is 0 Å². The number of hydrogen-bond acceptors (Lipinski definition) is 6. The van der Waals surface area contributed by atoms with Crippen LogP contribution in [0.2, 0.25) is 0 Å². The van der Waals surface area contributed by atoms with Crippen molar-refractivity contribution >= 4 is 0 Å². The van der Waals surface area contributed by atoms with Crippen LogP contribution >= 0.6 is 0 Å². The van der Waals surface area contributed by atoms with Gasteiger partial charge in [0.15, 0.2) is 5.79 Å². The quantitative estimate of drug-likeness (QED) is 0.636. The molecule has 1 aromatic rings. The molecular weight excluding hydrogens is 356 g/mol. The fourth-order valence-corrected chi connectivity index (χ4v) is 2.46. The van der Waals surface area contributed by atoms with Gasteiger partial charge >= 0.3 is 11.9 Å². The van der Waals surface area contributed by atoms with Gasteiger partial charge in [-0.05, 0) is 13.8 Å². The Bertz CT molecular complexity index is 743. The third kappa shape index (κ3) is 3.92. The summed E-state index contributed by atoms with van der Waals surface area (Å²) in [6.45, 7) is 1.88. The number of halogens is 4. The van der Waals surface area contributed by atoms with Crippen molar-refractivity contribution in [3.05, 3.63) is 32.6 Å². The van der Waals surface area contributed by atoms with Crippen molar-refractivity contribution in [3.8, 4) is 0 Å². The van der Waals surface area contributed by atoms with Gasteiger partial charge in [-0.3, -0.25) is 14.3 Å². The van der Waals surface area contributed by atoms with E-state index in [1.807, 2.05) is 0 Å². The first kappa shape index (κ1) is 19.6. The molecule has 0 amide bonds. The maximum absolute atomic E-state index is 14.8. The Labute approximate surface area is 137 Å². The second-order valence-electron chi connectivity index (χ2n) is 5.89. The van der Waals surface area contributed by atoms with Gasteiger partial charge in [-0.15, -0.1) is 0 Å². The third-order valence-corrected chi connectivity index (χ3v) is 3.54. The van der Waals surface area contributed by atoms with Gasteiger partial charge in [-0.2, -0.15) is 13.2 Å². The summed E-state index contributed by atoms with van der Waals surface area (Å²) in [5.74, 6) is -1.42. The number of rotatable bonds is 4. The number of alkyl halides is 4. The number of aliphatic hydroxyl groups excluding tert-OH is 2. The zero-order valence-corrected chi connectivity index (χ0v) is 13.1. The van der Waals surface area contributed by atoms with Gasteiger partial charge in [0.25, 0.3) is 5.56 Å². The number of nitrogens with zero attached hydrogens (tertiary/aromatic N) is 1. The van der Waals surface area contributed by atoms with E-state index in [-0.39, 0.29) is 10.8 Å². The summed E-state index contributed by atoms with van der Waals surface area (Å²) in [5, 5.41) is 18.7. The predicted octanol–water partition coefficient (Wildman–Crippen LogP) is -0.103. The Morgan fingerprint density at radius 1 is 1.32 bits per heavy atom. The zero-order chi connectivity index (χ0) is 19.2. The molecule has 12 heteroatoms. The van der Waals surface area contributed by atoms with Gasteiger partial charge in [-0.25, -0.2) is 9.18 Å². The molecule has 3 N–H and O–H groups in total. The zero-order valence-electron chi connectivity index (χ0n) is 13.1. The van der Waals surface area contributed by atoms with E-state index in [0.717, 1.165) is 0 Å². The summed E-state index contributed by atoms with van der Waals surface area (Å²) >= 11 is 0. The molecule has 0 aromatic carbocycles. The van der Waals surface area contributed by atoms with E-state index in [4.69, 9.17) is 14.6 Å². The van der Waals surface area contributed by atoms with Crippen LogP contribution in [0.15, 0.2) is 15.8 Å². The molecule has 2 heterocycles. The minimum absolute atomic E-state index is 0.00323. The first-order valence-electron chi connectivity index (χ1n) is 7.08. The average molecular weight is 372 g/mol. The fraction of sp³-hybridized carbons (Fsp3) is 0.692. The highest BCUT2D eigenvalue weighted by Crippen LogP contribution is 2.36. The summed E-state index contributed by atoms with van der Waals surface area (Å²) in [7, 11) is 0. The number of ether oxygens (including phenoxy) is 2. The van der Waals surface area contributed by atoms with Crippen molar-refractivity contribution in [2.75, 3.05) is 6.61 Å². The monoisotopic (exact) mass is 372 g/mol. The summed E-state index contributed by atoms with van der Waals surface area (Å²) < 4.78 is 63.6. The lowest BCUT2D eigenvalue weighted by molar-refractivity contribution is -0.162. The molecule has 1 saturated heterocycles. The first-order valence-corrected chi connectivity index (χ1v) is 7.08. The van der Waals surface area contributed by atoms with E-state index < -0.39 is 60.0 Å². The van der Waals surface area contributed by atoms with E-state index in [9.17, 15) is 32.3 Å². The number of H-pyrrole nitrogens is 1. The lowest BCUT2D eigenvalue weighted by Crippen LogP contribution is -2.44. The van der Waals surface area contributed by atoms with Gasteiger partial charge in [0, 0.05) is 6.20 Å². The van der Waals surface area contributed by atoms with Crippen molar-refractivity contribution in [3.63, 3.8) is 0 Å². The van der Waals surface area contributed by atoms with Crippen molar-refractivity contribution in [1.82, 2.24) is 9.55 Å². The maximum Gasteiger partial charge on any atom is 0.423 e. The average Bonchev–Trinajstić information content (AvgIpc) is 2.80.